The molecule has 3 fully saturated rings. The molecule has 3 aliphatic rings. The molecule has 0 radical (unpaired) electrons. The van der Waals surface area contributed by atoms with E-state index in [1.165, 1.54) is 0 Å². The number of carbonyl (C=O) groups is 1. The van der Waals surface area contributed by atoms with Crippen LogP contribution in [-0.2, 0) is 11.2 Å². The number of fused-ring (bicyclic) bond motifs is 4. The molecule has 3 saturated heterocycles. The normalized spacial score (nSPS) is 22.9. The van der Waals surface area contributed by atoms with Crippen LogP contribution in [0, 0.1) is 5.92 Å². The number of hydrogen-bond donors (Lipinski definition) is 0. The monoisotopic (exact) mass is 361 g/mol. The second kappa shape index (κ2) is 7.00. The lowest BCUT2D eigenvalue weighted by Gasteiger charge is -2.36. The highest BCUT2D eigenvalue weighted by Crippen LogP contribution is 2.30. The molecule has 0 N–H and O–H groups in total. The van der Waals surface area contributed by atoms with Gasteiger partial charge in [0.1, 0.15) is 5.76 Å². The smallest absolute Gasteiger partial charge is 0.225 e. The highest BCUT2D eigenvalue weighted by atomic mass is 35.5. The fraction of sp³-hybridized carbons (Fsp3) is 0.529. The molecular formula is C17H20ClN5O2. The van der Waals surface area contributed by atoms with Crippen LogP contribution < -0.4 is 4.90 Å². The van der Waals surface area contributed by atoms with E-state index in [2.05, 4.69) is 20.0 Å². The van der Waals surface area contributed by atoms with Gasteiger partial charge in [-0.2, -0.15) is 0 Å². The first-order chi connectivity index (χ1) is 12.2. The zero-order valence-electron chi connectivity index (χ0n) is 13.8. The Balaban J connectivity index is 1.42. The third-order valence-electron chi connectivity index (χ3n) is 4.98. The Morgan fingerprint density at radius 2 is 2.08 bits per heavy atom. The van der Waals surface area contributed by atoms with Crippen molar-refractivity contribution in [2.75, 3.05) is 24.5 Å². The molecule has 25 heavy (non-hydrogen) atoms. The van der Waals surface area contributed by atoms with Gasteiger partial charge in [-0.1, -0.05) is 16.8 Å². The van der Waals surface area contributed by atoms with Crippen LogP contribution in [0.4, 0.5) is 5.95 Å². The third kappa shape index (κ3) is 3.61. The molecule has 5 rings (SSSR count). The summed E-state index contributed by atoms with van der Waals surface area (Å²) in [5.74, 6) is 2.03. The number of halogens is 1. The molecule has 0 spiro atoms. The van der Waals surface area contributed by atoms with E-state index in [-0.39, 0.29) is 11.9 Å². The van der Waals surface area contributed by atoms with Crippen molar-refractivity contribution < 1.29 is 9.32 Å². The van der Waals surface area contributed by atoms with Crippen LogP contribution in [0.2, 0.25) is 5.15 Å². The van der Waals surface area contributed by atoms with E-state index in [9.17, 15) is 4.79 Å². The number of aryl methyl sites for hydroxylation is 1. The summed E-state index contributed by atoms with van der Waals surface area (Å²) in [6.45, 7) is 2.51. The summed E-state index contributed by atoms with van der Waals surface area (Å²) in [5.41, 5.74) is 0. The van der Waals surface area contributed by atoms with E-state index >= 15 is 0 Å². The summed E-state index contributed by atoms with van der Waals surface area (Å²) < 4.78 is 5.09. The van der Waals surface area contributed by atoms with Crippen molar-refractivity contribution >= 4 is 23.5 Å². The summed E-state index contributed by atoms with van der Waals surface area (Å²) in [4.78, 5) is 25.7. The molecule has 5 heterocycles. The zero-order chi connectivity index (χ0) is 17.2. The van der Waals surface area contributed by atoms with Crippen molar-refractivity contribution in [2.24, 2.45) is 5.92 Å². The predicted molar refractivity (Wildman–Crippen MR) is 92.3 cm³/mol. The Bertz CT molecular complexity index is 738. The average Bonchev–Trinajstić information content (AvgIpc) is 2.85. The summed E-state index contributed by atoms with van der Waals surface area (Å²) in [5, 5.41) is 3.98. The molecule has 7 nitrogen and oxygen atoms in total. The van der Waals surface area contributed by atoms with Crippen LogP contribution >= 0.6 is 11.6 Å². The SMILES string of the molecule is O=C(CCc1cc(Cl)no1)N1C[C@H]2CC[C@@H]1CN(c1ncccn1)C2. The number of hydrogen-bond acceptors (Lipinski definition) is 6. The minimum atomic E-state index is 0.165. The number of carbonyl (C=O) groups excluding carboxylic acids is 1. The molecule has 0 aliphatic carbocycles. The van der Waals surface area contributed by atoms with Gasteiger partial charge in [-0.15, -0.1) is 0 Å². The number of anilines is 1. The van der Waals surface area contributed by atoms with Gasteiger partial charge < -0.3 is 14.3 Å². The molecule has 2 atom stereocenters. The maximum absolute atomic E-state index is 12.7. The Labute approximate surface area is 151 Å². The van der Waals surface area contributed by atoms with Crippen LogP contribution in [-0.4, -0.2) is 51.6 Å². The first-order valence-corrected chi connectivity index (χ1v) is 8.99. The minimum absolute atomic E-state index is 0.165. The minimum Gasteiger partial charge on any atom is -0.360 e. The van der Waals surface area contributed by atoms with Crippen LogP contribution in [0.15, 0.2) is 29.0 Å². The van der Waals surface area contributed by atoms with Gasteiger partial charge in [0.15, 0.2) is 5.15 Å². The standard InChI is InChI=1S/C17H20ClN5O2/c18-15-8-14(25-21-15)4-5-16(24)23-10-12-2-3-13(23)11-22(9-12)17-19-6-1-7-20-17/h1,6-8,12-13H,2-5,9-11H2/t12-,13+/m0/s1. The summed E-state index contributed by atoms with van der Waals surface area (Å²) in [6.07, 6.45) is 6.65. The highest BCUT2D eigenvalue weighted by Gasteiger charge is 2.37. The van der Waals surface area contributed by atoms with Gasteiger partial charge in [0.2, 0.25) is 11.9 Å². The van der Waals surface area contributed by atoms with Gasteiger partial charge >= 0.3 is 0 Å². The van der Waals surface area contributed by atoms with Gasteiger partial charge in [-0.3, -0.25) is 4.79 Å². The first kappa shape index (κ1) is 16.3. The molecule has 132 valence electrons. The van der Waals surface area contributed by atoms with E-state index in [0.717, 1.165) is 38.4 Å². The number of piperidine rings is 1. The van der Waals surface area contributed by atoms with Gasteiger partial charge in [-0.25, -0.2) is 9.97 Å². The summed E-state index contributed by atoms with van der Waals surface area (Å²) >= 11 is 5.75. The summed E-state index contributed by atoms with van der Waals surface area (Å²) in [6, 6.07) is 3.70. The molecule has 8 heteroatoms. The Morgan fingerprint density at radius 3 is 2.84 bits per heavy atom. The van der Waals surface area contributed by atoms with E-state index < -0.39 is 0 Å². The number of nitrogens with zero attached hydrogens (tertiary/aromatic N) is 5. The quantitative estimate of drug-likeness (QED) is 0.830. The second-order valence-electron chi connectivity index (χ2n) is 6.71. The number of aromatic nitrogens is 3. The van der Waals surface area contributed by atoms with Crippen LogP contribution in [0.3, 0.4) is 0 Å². The van der Waals surface area contributed by atoms with Gasteiger partial charge in [0.05, 0.1) is 0 Å². The van der Waals surface area contributed by atoms with Crippen molar-refractivity contribution in [1.29, 1.82) is 0 Å². The van der Waals surface area contributed by atoms with Crippen molar-refractivity contribution in [3.63, 3.8) is 0 Å². The molecule has 1 amide bonds. The summed E-state index contributed by atoms with van der Waals surface area (Å²) in [7, 11) is 0. The van der Waals surface area contributed by atoms with Gasteiger partial charge in [0, 0.05) is 57.0 Å². The maximum Gasteiger partial charge on any atom is 0.225 e. The first-order valence-electron chi connectivity index (χ1n) is 8.61. The fourth-order valence-corrected chi connectivity index (χ4v) is 3.94. The molecular weight excluding hydrogens is 342 g/mol. The van der Waals surface area contributed by atoms with Crippen LogP contribution in [0.5, 0.6) is 0 Å². The Hall–Kier alpha value is -2.15. The topological polar surface area (TPSA) is 75.4 Å². The molecule has 0 aromatic carbocycles. The Morgan fingerprint density at radius 1 is 1.24 bits per heavy atom. The van der Waals surface area contributed by atoms with Crippen molar-refractivity contribution in [1.82, 2.24) is 20.0 Å². The molecule has 2 aromatic heterocycles. The van der Waals surface area contributed by atoms with Crippen molar-refractivity contribution in [2.45, 2.75) is 31.7 Å². The lowest BCUT2D eigenvalue weighted by atomic mass is 9.94. The van der Waals surface area contributed by atoms with E-state index in [0.29, 0.717) is 29.7 Å². The largest absolute Gasteiger partial charge is 0.360 e. The number of rotatable bonds is 4. The maximum atomic E-state index is 12.7. The number of amides is 1. The molecule has 0 unspecified atom stereocenters. The molecule has 2 bridgehead atoms. The molecule has 0 saturated carbocycles. The zero-order valence-corrected chi connectivity index (χ0v) is 14.6. The van der Waals surface area contributed by atoms with Crippen LogP contribution in [0.1, 0.15) is 25.0 Å². The second-order valence-corrected chi connectivity index (χ2v) is 7.10. The average molecular weight is 362 g/mol. The van der Waals surface area contributed by atoms with E-state index in [1.54, 1.807) is 18.5 Å². The van der Waals surface area contributed by atoms with E-state index in [1.807, 2.05) is 11.0 Å². The predicted octanol–water partition coefficient (Wildman–Crippen LogP) is 2.18. The lowest BCUT2D eigenvalue weighted by molar-refractivity contribution is -0.135. The van der Waals surface area contributed by atoms with Crippen LogP contribution in [0.25, 0.3) is 0 Å². The highest BCUT2D eigenvalue weighted by molar-refractivity contribution is 6.29. The van der Waals surface area contributed by atoms with Crippen molar-refractivity contribution in [3.05, 3.63) is 35.4 Å². The fourth-order valence-electron chi connectivity index (χ4n) is 3.78. The lowest BCUT2D eigenvalue weighted by Crippen LogP contribution is -2.47. The van der Waals surface area contributed by atoms with Gasteiger partial charge in [0.25, 0.3) is 0 Å². The van der Waals surface area contributed by atoms with Gasteiger partial charge in [-0.05, 0) is 24.8 Å². The van der Waals surface area contributed by atoms with E-state index in [4.69, 9.17) is 16.1 Å². The molecule has 2 aromatic rings. The van der Waals surface area contributed by atoms with Crippen molar-refractivity contribution in [3.8, 4) is 0 Å². The Kier molecular flexibility index (Phi) is 4.57. The third-order valence-corrected chi connectivity index (χ3v) is 5.16. The molecule has 3 aliphatic heterocycles.